The van der Waals surface area contributed by atoms with Crippen LogP contribution in [0.4, 0.5) is 5.82 Å². The molecular formula is C16H15N5O3S. The van der Waals surface area contributed by atoms with E-state index in [1.807, 2.05) is 0 Å². The second-order valence-electron chi connectivity index (χ2n) is 5.67. The fraction of sp³-hybridized carbons (Fsp3) is 0.250. The van der Waals surface area contributed by atoms with E-state index in [1.165, 1.54) is 29.5 Å². The predicted molar refractivity (Wildman–Crippen MR) is 94.6 cm³/mol. The molecule has 1 aliphatic rings. The molecule has 3 aromatic rings. The van der Waals surface area contributed by atoms with E-state index in [0.29, 0.717) is 9.97 Å². The maximum Gasteiger partial charge on any atom is 0.335 e. The van der Waals surface area contributed by atoms with Gasteiger partial charge in [0.15, 0.2) is 0 Å². The van der Waals surface area contributed by atoms with Gasteiger partial charge < -0.3 is 15.3 Å². The highest BCUT2D eigenvalue weighted by Gasteiger charge is 2.18. The molecule has 0 amide bonds. The van der Waals surface area contributed by atoms with Crippen molar-refractivity contribution in [2.45, 2.75) is 0 Å². The maximum absolute atomic E-state index is 12.0. The Bertz CT molecular complexity index is 989. The van der Waals surface area contributed by atoms with E-state index in [9.17, 15) is 9.59 Å². The van der Waals surface area contributed by atoms with Gasteiger partial charge in [-0.25, -0.2) is 4.79 Å². The lowest BCUT2D eigenvalue weighted by Gasteiger charge is -2.28. The Morgan fingerprint density at radius 2 is 1.92 bits per heavy atom. The van der Waals surface area contributed by atoms with Crippen LogP contribution >= 0.6 is 11.3 Å². The van der Waals surface area contributed by atoms with Gasteiger partial charge in [-0.1, -0.05) is 23.5 Å². The summed E-state index contributed by atoms with van der Waals surface area (Å²) in [6.45, 7) is 3.30. The van der Waals surface area contributed by atoms with Crippen LogP contribution in [-0.4, -0.2) is 51.9 Å². The van der Waals surface area contributed by atoms with Crippen LogP contribution in [0.3, 0.4) is 0 Å². The van der Waals surface area contributed by atoms with E-state index in [4.69, 9.17) is 5.11 Å². The molecule has 0 bridgehead atoms. The van der Waals surface area contributed by atoms with Crippen LogP contribution < -0.4 is 15.8 Å². The van der Waals surface area contributed by atoms with Crippen molar-refractivity contribution >= 4 is 28.1 Å². The second kappa shape index (κ2) is 6.26. The quantitative estimate of drug-likeness (QED) is 0.719. The van der Waals surface area contributed by atoms with Gasteiger partial charge in [-0.05, 0) is 12.1 Å². The Morgan fingerprint density at radius 1 is 1.20 bits per heavy atom. The molecule has 0 saturated carbocycles. The fourth-order valence-corrected chi connectivity index (χ4v) is 3.70. The number of piperazine rings is 1. The number of rotatable bonds is 3. The first kappa shape index (κ1) is 15.7. The Hall–Kier alpha value is -2.78. The molecule has 0 spiro atoms. The number of anilines is 1. The van der Waals surface area contributed by atoms with Gasteiger partial charge in [0.05, 0.1) is 5.56 Å². The Balaban J connectivity index is 1.79. The highest BCUT2D eigenvalue weighted by atomic mass is 32.1. The molecule has 1 saturated heterocycles. The smallest absolute Gasteiger partial charge is 0.335 e. The molecule has 1 fully saturated rings. The number of carboxylic acids is 1. The second-order valence-corrected chi connectivity index (χ2v) is 6.63. The van der Waals surface area contributed by atoms with E-state index in [0.717, 1.165) is 37.6 Å². The number of fused-ring (bicyclic) bond motifs is 1. The molecule has 128 valence electrons. The zero-order valence-corrected chi connectivity index (χ0v) is 14.0. The average molecular weight is 357 g/mol. The van der Waals surface area contributed by atoms with Gasteiger partial charge in [0.2, 0.25) is 4.96 Å². The monoisotopic (exact) mass is 357 g/mol. The highest BCUT2D eigenvalue weighted by molar-refractivity contribution is 7.19. The van der Waals surface area contributed by atoms with Crippen LogP contribution in [0.15, 0.2) is 35.1 Å². The van der Waals surface area contributed by atoms with Crippen LogP contribution in [0.25, 0.3) is 15.5 Å². The summed E-state index contributed by atoms with van der Waals surface area (Å²) in [5.41, 5.74) is 0.725. The molecule has 4 rings (SSSR count). The number of carboxylic acid groups (broad SMARTS) is 1. The number of hydrogen-bond donors (Lipinski definition) is 2. The molecule has 0 unspecified atom stereocenters. The SMILES string of the molecule is O=C(O)c1ccc(-c2nn3c(N4CCNCC4)cc(=O)nc3s2)cc1. The van der Waals surface area contributed by atoms with Crippen molar-refractivity contribution in [3.8, 4) is 10.6 Å². The fourth-order valence-electron chi connectivity index (χ4n) is 2.79. The number of benzene rings is 1. The van der Waals surface area contributed by atoms with Crippen molar-refractivity contribution in [2.75, 3.05) is 31.1 Å². The van der Waals surface area contributed by atoms with Gasteiger partial charge in [-0.15, -0.1) is 0 Å². The van der Waals surface area contributed by atoms with Crippen LogP contribution in [0.2, 0.25) is 0 Å². The molecule has 9 heteroatoms. The molecule has 1 aliphatic heterocycles. The summed E-state index contributed by atoms with van der Waals surface area (Å²) in [5.74, 6) is -0.231. The van der Waals surface area contributed by atoms with Gasteiger partial charge in [0.25, 0.3) is 5.56 Å². The topological polar surface area (TPSA) is 99.8 Å². The summed E-state index contributed by atoms with van der Waals surface area (Å²) in [6, 6.07) is 8.01. The van der Waals surface area contributed by atoms with Crippen molar-refractivity contribution in [1.82, 2.24) is 19.9 Å². The standard InChI is InChI=1S/C16H15N5O3S/c22-12-9-13(20-7-5-17-6-8-20)21-16(18-12)25-14(19-21)10-1-3-11(4-2-10)15(23)24/h1-4,9,17H,5-8H2,(H,23,24). The number of nitrogens with one attached hydrogen (secondary N) is 1. The van der Waals surface area contributed by atoms with Crippen LogP contribution in [0, 0.1) is 0 Å². The lowest BCUT2D eigenvalue weighted by Crippen LogP contribution is -2.44. The minimum Gasteiger partial charge on any atom is -0.478 e. The number of nitrogens with zero attached hydrogens (tertiary/aromatic N) is 4. The van der Waals surface area contributed by atoms with Crippen molar-refractivity contribution < 1.29 is 9.90 Å². The summed E-state index contributed by atoms with van der Waals surface area (Å²) < 4.78 is 1.69. The zero-order valence-electron chi connectivity index (χ0n) is 13.2. The van der Waals surface area contributed by atoms with E-state index < -0.39 is 5.97 Å². The van der Waals surface area contributed by atoms with Gasteiger partial charge >= 0.3 is 5.97 Å². The first-order valence-electron chi connectivity index (χ1n) is 7.82. The van der Waals surface area contributed by atoms with Crippen molar-refractivity contribution in [3.63, 3.8) is 0 Å². The van der Waals surface area contributed by atoms with Gasteiger partial charge in [-0.3, -0.25) is 4.79 Å². The van der Waals surface area contributed by atoms with Crippen LogP contribution in [-0.2, 0) is 0 Å². The Kier molecular flexibility index (Phi) is 3.94. The molecule has 25 heavy (non-hydrogen) atoms. The molecule has 0 aliphatic carbocycles. The van der Waals surface area contributed by atoms with Gasteiger partial charge in [0.1, 0.15) is 10.8 Å². The molecule has 3 heterocycles. The lowest BCUT2D eigenvalue weighted by molar-refractivity contribution is 0.0697. The van der Waals surface area contributed by atoms with Gasteiger partial charge in [-0.2, -0.15) is 14.6 Å². The summed E-state index contributed by atoms with van der Waals surface area (Å²) in [5, 5.41) is 17.6. The number of hydrogen-bond acceptors (Lipinski definition) is 7. The lowest BCUT2D eigenvalue weighted by atomic mass is 10.1. The largest absolute Gasteiger partial charge is 0.478 e. The van der Waals surface area contributed by atoms with E-state index in [1.54, 1.807) is 16.6 Å². The highest BCUT2D eigenvalue weighted by Crippen LogP contribution is 2.27. The Labute approximate surface area is 146 Å². The summed E-state index contributed by atoms with van der Waals surface area (Å²) in [7, 11) is 0. The summed E-state index contributed by atoms with van der Waals surface area (Å²) in [6.07, 6.45) is 0. The minimum absolute atomic E-state index is 0.221. The van der Waals surface area contributed by atoms with Crippen molar-refractivity contribution in [2.24, 2.45) is 0 Å². The molecule has 8 nitrogen and oxygen atoms in total. The van der Waals surface area contributed by atoms with E-state index in [-0.39, 0.29) is 11.1 Å². The molecule has 0 radical (unpaired) electrons. The molecular weight excluding hydrogens is 342 g/mol. The summed E-state index contributed by atoms with van der Waals surface area (Å²) >= 11 is 1.31. The zero-order chi connectivity index (χ0) is 17.4. The van der Waals surface area contributed by atoms with E-state index in [2.05, 4.69) is 20.3 Å². The normalized spacial score (nSPS) is 14.8. The number of aromatic carboxylic acids is 1. The molecule has 2 N–H and O–H groups in total. The minimum atomic E-state index is -0.969. The maximum atomic E-state index is 12.0. The third-order valence-corrected chi connectivity index (χ3v) is 5.01. The predicted octanol–water partition coefficient (Wildman–Crippen LogP) is 0.926. The number of aromatic nitrogens is 3. The molecule has 2 aromatic heterocycles. The van der Waals surface area contributed by atoms with Crippen LogP contribution in [0.1, 0.15) is 10.4 Å². The van der Waals surface area contributed by atoms with Crippen molar-refractivity contribution in [1.29, 1.82) is 0 Å². The van der Waals surface area contributed by atoms with Crippen molar-refractivity contribution in [3.05, 3.63) is 46.2 Å². The Morgan fingerprint density at radius 3 is 2.60 bits per heavy atom. The number of carbonyl (C=O) groups is 1. The van der Waals surface area contributed by atoms with E-state index >= 15 is 0 Å². The first-order chi connectivity index (χ1) is 12.1. The third-order valence-electron chi connectivity index (χ3n) is 4.06. The first-order valence-corrected chi connectivity index (χ1v) is 8.64. The van der Waals surface area contributed by atoms with Crippen LogP contribution in [0.5, 0.6) is 0 Å². The molecule has 0 atom stereocenters. The average Bonchev–Trinajstić information content (AvgIpc) is 3.05. The molecule has 1 aromatic carbocycles. The van der Waals surface area contributed by atoms with Gasteiger partial charge in [0, 0.05) is 37.8 Å². The third kappa shape index (κ3) is 2.99. The summed E-state index contributed by atoms with van der Waals surface area (Å²) in [4.78, 5) is 29.6.